The van der Waals surface area contributed by atoms with Crippen LogP contribution in [0.15, 0.2) is 28.7 Å². The Bertz CT molecular complexity index is 448. The molecule has 0 unspecified atom stereocenters. The van der Waals surface area contributed by atoms with E-state index in [1.165, 1.54) is 0 Å². The van der Waals surface area contributed by atoms with Crippen molar-refractivity contribution < 1.29 is 4.79 Å². The van der Waals surface area contributed by atoms with Crippen molar-refractivity contribution >= 4 is 21.8 Å². The van der Waals surface area contributed by atoms with Crippen molar-refractivity contribution in [2.24, 2.45) is 11.7 Å². The molecule has 19 heavy (non-hydrogen) atoms. The average molecular weight is 325 g/mol. The molecule has 0 aromatic heterocycles. The van der Waals surface area contributed by atoms with Gasteiger partial charge in [-0.2, -0.15) is 0 Å². The molecule has 2 atom stereocenters. The second-order valence-corrected chi connectivity index (χ2v) is 6.32. The third kappa shape index (κ3) is 4.05. The number of hydrogen-bond acceptors (Lipinski definition) is 2. The number of halogens is 1. The highest BCUT2D eigenvalue weighted by Crippen LogP contribution is 2.20. The van der Waals surface area contributed by atoms with Crippen LogP contribution in [0.1, 0.15) is 25.3 Å². The summed E-state index contributed by atoms with van der Waals surface area (Å²) in [6, 6.07) is 8.11. The Hall–Kier alpha value is -0.870. The zero-order valence-corrected chi connectivity index (χ0v) is 12.9. The van der Waals surface area contributed by atoms with E-state index in [0.29, 0.717) is 12.3 Å². The molecule has 4 heteroatoms. The topological polar surface area (TPSA) is 46.3 Å². The quantitative estimate of drug-likeness (QED) is 0.928. The Morgan fingerprint density at radius 2 is 2.37 bits per heavy atom. The summed E-state index contributed by atoms with van der Waals surface area (Å²) in [7, 11) is 0. The van der Waals surface area contributed by atoms with Crippen LogP contribution in [0.25, 0.3) is 0 Å². The van der Waals surface area contributed by atoms with Crippen molar-refractivity contribution in [1.82, 2.24) is 4.90 Å². The van der Waals surface area contributed by atoms with Gasteiger partial charge < -0.3 is 10.6 Å². The Kier molecular flexibility index (Phi) is 4.99. The summed E-state index contributed by atoms with van der Waals surface area (Å²) in [6.07, 6.45) is 2.68. The highest BCUT2D eigenvalue weighted by atomic mass is 79.9. The molecule has 2 N–H and O–H groups in total. The zero-order chi connectivity index (χ0) is 13.8. The number of hydrogen-bond donors (Lipinski definition) is 1. The molecule has 104 valence electrons. The molecule has 1 aliphatic rings. The van der Waals surface area contributed by atoms with Crippen molar-refractivity contribution in [2.45, 2.75) is 32.2 Å². The standard InChI is InChI=1S/C15H21BrN2O/c1-11(17)13-5-3-7-18(10-13)15(19)9-12-4-2-6-14(16)8-12/h2,4,6,8,11,13H,3,5,7,9-10,17H2,1H3/t11-,13-/m1/s1. The van der Waals surface area contributed by atoms with E-state index in [1.54, 1.807) is 0 Å². The van der Waals surface area contributed by atoms with Crippen LogP contribution < -0.4 is 5.73 Å². The van der Waals surface area contributed by atoms with E-state index in [4.69, 9.17) is 5.73 Å². The van der Waals surface area contributed by atoms with E-state index in [1.807, 2.05) is 36.1 Å². The average Bonchev–Trinajstić information content (AvgIpc) is 2.39. The Balaban J connectivity index is 1.96. The van der Waals surface area contributed by atoms with Crippen LogP contribution in [-0.4, -0.2) is 29.9 Å². The number of amides is 1. The van der Waals surface area contributed by atoms with Gasteiger partial charge in [0.1, 0.15) is 0 Å². The number of nitrogens with two attached hydrogens (primary N) is 1. The van der Waals surface area contributed by atoms with Gasteiger partial charge in [-0.3, -0.25) is 4.79 Å². The van der Waals surface area contributed by atoms with Crippen molar-refractivity contribution in [3.05, 3.63) is 34.3 Å². The SMILES string of the molecule is C[C@@H](N)[C@@H]1CCCN(C(=O)Cc2cccc(Br)c2)C1. The third-order valence-electron chi connectivity index (χ3n) is 3.80. The summed E-state index contributed by atoms with van der Waals surface area (Å²) in [4.78, 5) is 14.3. The molecule has 1 amide bonds. The monoisotopic (exact) mass is 324 g/mol. The molecule has 0 aliphatic carbocycles. The van der Waals surface area contributed by atoms with Gasteiger partial charge in [-0.05, 0) is 43.4 Å². The second-order valence-electron chi connectivity index (χ2n) is 5.41. The maximum atomic E-state index is 12.3. The van der Waals surface area contributed by atoms with Crippen LogP contribution in [0.3, 0.4) is 0 Å². The predicted molar refractivity (Wildman–Crippen MR) is 80.8 cm³/mol. The zero-order valence-electron chi connectivity index (χ0n) is 11.3. The van der Waals surface area contributed by atoms with E-state index < -0.39 is 0 Å². The summed E-state index contributed by atoms with van der Waals surface area (Å²) in [5.41, 5.74) is 7.02. The molecular weight excluding hydrogens is 304 g/mol. The first-order valence-electron chi connectivity index (χ1n) is 6.84. The summed E-state index contributed by atoms with van der Waals surface area (Å²) in [5, 5.41) is 0. The van der Waals surface area contributed by atoms with Gasteiger partial charge in [-0.15, -0.1) is 0 Å². The highest BCUT2D eigenvalue weighted by Gasteiger charge is 2.25. The number of benzene rings is 1. The maximum Gasteiger partial charge on any atom is 0.227 e. The third-order valence-corrected chi connectivity index (χ3v) is 4.29. The van der Waals surface area contributed by atoms with E-state index in [0.717, 1.165) is 36.0 Å². The minimum atomic E-state index is 0.168. The molecule has 2 rings (SSSR count). The fraction of sp³-hybridized carbons (Fsp3) is 0.533. The predicted octanol–water partition coefficient (Wildman–Crippen LogP) is 2.58. The summed E-state index contributed by atoms with van der Waals surface area (Å²) < 4.78 is 1.02. The number of likely N-dealkylation sites (tertiary alicyclic amines) is 1. The fourth-order valence-electron chi connectivity index (χ4n) is 2.60. The van der Waals surface area contributed by atoms with E-state index in [9.17, 15) is 4.79 Å². The Morgan fingerprint density at radius 3 is 3.05 bits per heavy atom. The fourth-order valence-corrected chi connectivity index (χ4v) is 3.05. The smallest absolute Gasteiger partial charge is 0.227 e. The van der Waals surface area contributed by atoms with E-state index in [2.05, 4.69) is 15.9 Å². The molecule has 1 aromatic carbocycles. The molecule has 0 spiro atoms. The lowest BCUT2D eigenvalue weighted by atomic mass is 9.92. The van der Waals surface area contributed by atoms with Gasteiger partial charge in [0.15, 0.2) is 0 Å². The van der Waals surface area contributed by atoms with Gasteiger partial charge in [0, 0.05) is 23.6 Å². The van der Waals surface area contributed by atoms with Gasteiger partial charge in [0.05, 0.1) is 6.42 Å². The minimum absolute atomic E-state index is 0.168. The van der Waals surface area contributed by atoms with E-state index in [-0.39, 0.29) is 11.9 Å². The van der Waals surface area contributed by atoms with E-state index >= 15 is 0 Å². The van der Waals surface area contributed by atoms with Gasteiger partial charge in [-0.25, -0.2) is 0 Å². The van der Waals surface area contributed by atoms with Crippen LogP contribution in [0.2, 0.25) is 0 Å². The molecule has 1 aliphatic heterocycles. The summed E-state index contributed by atoms with van der Waals surface area (Å²) >= 11 is 3.44. The number of piperidine rings is 1. The summed E-state index contributed by atoms with van der Waals surface area (Å²) in [6.45, 7) is 3.72. The highest BCUT2D eigenvalue weighted by molar-refractivity contribution is 9.10. The molecular formula is C15H21BrN2O. The second kappa shape index (κ2) is 6.53. The van der Waals surface area contributed by atoms with Crippen LogP contribution in [0.4, 0.5) is 0 Å². The van der Waals surface area contributed by atoms with Crippen molar-refractivity contribution in [1.29, 1.82) is 0 Å². The first-order valence-corrected chi connectivity index (χ1v) is 7.63. The van der Waals surface area contributed by atoms with Crippen LogP contribution >= 0.6 is 15.9 Å². The van der Waals surface area contributed by atoms with Gasteiger partial charge >= 0.3 is 0 Å². The number of rotatable bonds is 3. The maximum absolute atomic E-state index is 12.3. The van der Waals surface area contributed by atoms with Crippen LogP contribution in [-0.2, 0) is 11.2 Å². The normalized spacial score (nSPS) is 21.2. The molecule has 1 heterocycles. The van der Waals surface area contributed by atoms with Gasteiger partial charge in [-0.1, -0.05) is 28.1 Å². The number of nitrogens with zero attached hydrogens (tertiary/aromatic N) is 1. The lowest BCUT2D eigenvalue weighted by Crippen LogP contribution is -2.45. The summed E-state index contributed by atoms with van der Waals surface area (Å²) in [5.74, 6) is 0.656. The lowest BCUT2D eigenvalue weighted by molar-refractivity contribution is -0.132. The number of carbonyl (C=O) groups excluding carboxylic acids is 1. The largest absolute Gasteiger partial charge is 0.342 e. The first kappa shape index (κ1) is 14.5. The Morgan fingerprint density at radius 1 is 1.58 bits per heavy atom. The first-order chi connectivity index (χ1) is 9.06. The van der Waals surface area contributed by atoms with Crippen LogP contribution in [0, 0.1) is 5.92 Å². The van der Waals surface area contributed by atoms with Crippen molar-refractivity contribution in [2.75, 3.05) is 13.1 Å². The molecule has 1 aromatic rings. The van der Waals surface area contributed by atoms with Crippen molar-refractivity contribution in [3.63, 3.8) is 0 Å². The number of carbonyl (C=O) groups is 1. The molecule has 1 saturated heterocycles. The van der Waals surface area contributed by atoms with Crippen molar-refractivity contribution in [3.8, 4) is 0 Å². The lowest BCUT2D eigenvalue weighted by Gasteiger charge is -2.34. The Labute approximate surface area is 123 Å². The molecule has 0 saturated carbocycles. The molecule has 3 nitrogen and oxygen atoms in total. The molecule has 1 fully saturated rings. The van der Waals surface area contributed by atoms with Crippen LogP contribution in [0.5, 0.6) is 0 Å². The van der Waals surface area contributed by atoms with Gasteiger partial charge in [0.25, 0.3) is 0 Å². The minimum Gasteiger partial charge on any atom is -0.342 e. The van der Waals surface area contributed by atoms with Gasteiger partial charge in [0.2, 0.25) is 5.91 Å². The molecule has 0 radical (unpaired) electrons. The molecule has 0 bridgehead atoms.